The van der Waals surface area contributed by atoms with Gasteiger partial charge in [-0.05, 0) is 19.9 Å². The molecule has 0 saturated heterocycles. The van der Waals surface area contributed by atoms with Crippen LogP contribution in [0.15, 0.2) is 6.20 Å². The molecule has 0 aromatic carbocycles. The van der Waals surface area contributed by atoms with Gasteiger partial charge in [0.05, 0.1) is 6.61 Å². The van der Waals surface area contributed by atoms with E-state index in [2.05, 4.69) is 29.1 Å². The van der Waals surface area contributed by atoms with Crippen molar-refractivity contribution in [3.05, 3.63) is 17.5 Å². The third kappa shape index (κ3) is 5.13. The fourth-order valence-corrected chi connectivity index (χ4v) is 1.49. The third-order valence-electron chi connectivity index (χ3n) is 2.60. The number of hydrogen-bond acceptors (Lipinski definition) is 4. The lowest BCUT2D eigenvalue weighted by molar-refractivity contribution is 0.281. The van der Waals surface area contributed by atoms with Gasteiger partial charge in [0.1, 0.15) is 0 Å². The minimum atomic E-state index is 0.499. The van der Waals surface area contributed by atoms with Gasteiger partial charge in [0.25, 0.3) is 0 Å². The lowest BCUT2D eigenvalue weighted by Gasteiger charge is -2.08. The molecule has 96 valence electrons. The first-order chi connectivity index (χ1) is 8.27. The third-order valence-corrected chi connectivity index (χ3v) is 2.60. The molecule has 1 rings (SSSR count). The van der Waals surface area contributed by atoms with Crippen LogP contribution in [0.4, 0.5) is 0 Å². The maximum atomic E-state index is 5.51. The zero-order valence-electron chi connectivity index (χ0n) is 11.1. The van der Waals surface area contributed by atoms with Crippen molar-refractivity contribution in [3.63, 3.8) is 0 Å². The number of nitrogens with zero attached hydrogens (tertiary/aromatic N) is 2. The summed E-state index contributed by atoms with van der Waals surface area (Å²) in [5.74, 6) is 0. The lowest BCUT2D eigenvalue weighted by Crippen LogP contribution is -2.14. The molecule has 0 amide bonds. The number of ether oxygens (including phenoxy) is 1. The van der Waals surface area contributed by atoms with Crippen LogP contribution in [0.25, 0.3) is 0 Å². The number of unbranched alkanes of at least 4 members (excludes halogenated alkanes) is 2. The molecule has 17 heavy (non-hydrogen) atoms. The van der Waals surface area contributed by atoms with Crippen LogP contribution >= 0.6 is 0 Å². The van der Waals surface area contributed by atoms with Gasteiger partial charge in [-0.2, -0.15) is 0 Å². The highest BCUT2D eigenvalue weighted by atomic mass is 16.5. The van der Waals surface area contributed by atoms with E-state index < -0.39 is 0 Å². The van der Waals surface area contributed by atoms with Crippen molar-refractivity contribution in [1.29, 1.82) is 0 Å². The van der Waals surface area contributed by atoms with Crippen LogP contribution in [0, 0.1) is 6.92 Å². The Hall–Kier alpha value is -1.16. The van der Waals surface area contributed by atoms with Gasteiger partial charge in [-0.15, -0.1) is 0 Å². The number of hydrogen-bond donors (Lipinski definition) is 1. The van der Waals surface area contributed by atoms with Crippen molar-refractivity contribution < 1.29 is 4.74 Å². The molecule has 1 aromatic rings. The lowest BCUT2D eigenvalue weighted by atomic mass is 10.2. The second-order valence-corrected chi connectivity index (χ2v) is 4.10. The molecule has 0 fully saturated rings. The Balaban J connectivity index is 2.44. The first-order valence-corrected chi connectivity index (χ1v) is 6.44. The van der Waals surface area contributed by atoms with E-state index in [-0.39, 0.29) is 0 Å². The normalized spacial score (nSPS) is 10.5. The highest BCUT2D eigenvalue weighted by Crippen LogP contribution is 2.09. The Kier molecular flexibility index (Phi) is 6.55. The van der Waals surface area contributed by atoms with E-state index in [1.54, 1.807) is 0 Å². The van der Waals surface area contributed by atoms with E-state index in [0.717, 1.165) is 30.8 Å². The predicted octanol–water partition coefficient (Wildman–Crippen LogP) is 2.46. The molecule has 0 spiro atoms. The summed E-state index contributed by atoms with van der Waals surface area (Å²) < 4.78 is 5.51. The fraction of sp³-hybridized carbons (Fsp3) is 0.692. The first kappa shape index (κ1) is 13.9. The van der Waals surface area contributed by atoms with Crippen LogP contribution in [-0.4, -0.2) is 23.1 Å². The second kappa shape index (κ2) is 8.01. The highest BCUT2D eigenvalue weighted by Gasteiger charge is 2.03. The van der Waals surface area contributed by atoms with Crippen molar-refractivity contribution in [3.8, 4) is 6.01 Å². The summed E-state index contributed by atoms with van der Waals surface area (Å²) >= 11 is 0. The van der Waals surface area contributed by atoms with E-state index in [1.165, 1.54) is 12.8 Å². The largest absolute Gasteiger partial charge is 0.463 e. The molecule has 0 radical (unpaired) electrons. The Morgan fingerprint density at radius 3 is 2.76 bits per heavy atom. The van der Waals surface area contributed by atoms with Crippen LogP contribution in [0.3, 0.4) is 0 Å². The number of aromatic nitrogens is 2. The van der Waals surface area contributed by atoms with Gasteiger partial charge in [0.2, 0.25) is 0 Å². The fourth-order valence-electron chi connectivity index (χ4n) is 1.49. The molecule has 0 aliphatic heterocycles. The summed E-state index contributed by atoms with van der Waals surface area (Å²) in [6.45, 7) is 8.73. The van der Waals surface area contributed by atoms with Gasteiger partial charge in [-0.25, -0.2) is 9.97 Å². The molecule has 0 aliphatic carbocycles. The molecular formula is C13H23N3O. The molecule has 1 heterocycles. The van der Waals surface area contributed by atoms with Crippen LogP contribution in [0.5, 0.6) is 6.01 Å². The van der Waals surface area contributed by atoms with E-state index >= 15 is 0 Å². The standard InChI is InChI=1S/C13H23N3O/c1-4-6-7-8-17-13-15-10-12(9-14-5-2)11(3)16-13/h10,14H,4-9H2,1-3H3. The molecule has 4 heteroatoms. The summed E-state index contributed by atoms with van der Waals surface area (Å²) in [7, 11) is 0. The van der Waals surface area contributed by atoms with Crippen molar-refractivity contribution in [2.24, 2.45) is 0 Å². The zero-order chi connectivity index (χ0) is 12.5. The van der Waals surface area contributed by atoms with Gasteiger partial charge in [-0.1, -0.05) is 26.7 Å². The van der Waals surface area contributed by atoms with Gasteiger partial charge >= 0.3 is 6.01 Å². The van der Waals surface area contributed by atoms with Crippen LogP contribution in [0.1, 0.15) is 44.4 Å². The molecule has 4 nitrogen and oxygen atoms in total. The Labute approximate surface area is 104 Å². The summed E-state index contributed by atoms with van der Waals surface area (Å²) in [5, 5.41) is 3.26. The number of nitrogens with one attached hydrogen (secondary N) is 1. The van der Waals surface area contributed by atoms with Crippen molar-refractivity contribution >= 4 is 0 Å². The maximum absolute atomic E-state index is 5.51. The van der Waals surface area contributed by atoms with E-state index in [0.29, 0.717) is 12.6 Å². The van der Waals surface area contributed by atoms with E-state index in [4.69, 9.17) is 4.74 Å². The predicted molar refractivity (Wildman–Crippen MR) is 69.2 cm³/mol. The smallest absolute Gasteiger partial charge is 0.316 e. The molecule has 0 aliphatic rings. The van der Waals surface area contributed by atoms with E-state index in [9.17, 15) is 0 Å². The molecular weight excluding hydrogens is 214 g/mol. The minimum absolute atomic E-state index is 0.499. The maximum Gasteiger partial charge on any atom is 0.316 e. The molecule has 0 bridgehead atoms. The molecule has 0 saturated carbocycles. The topological polar surface area (TPSA) is 47.0 Å². The summed E-state index contributed by atoms with van der Waals surface area (Å²) in [6, 6.07) is 0.499. The highest BCUT2D eigenvalue weighted by molar-refractivity contribution is 5.17. The summed E-state index contributed by atoms with van der Waals surface area (Å²) in [5.41, 5.74) is 2.12. The SMILES string of the molecule is CCCCCOc1ncc(CNCC)c(C)n1. The van der Waals surface area contributed by atoms with Crippen LogP contribution in [-0.2, 0) is 6.54 Å². The summed E-state index contributed by atoms with van der Waals surface area (Å²) in [6.07, 6.45) is 5.31. The van der Waals surface area contributed by atoms with Crippen molar-refractivity contribution in [2.75, 3.05) is 13.2 Å². The van der Waals surface area contributed by atoms with Crippen LogP contribution in [0.2, 0.25) is 0 Å². The molecule has 1 N–H and O–H groups in total. The quantitative estimate of drug-likeness (QED) is 0.706. The van der Waals surface area contributed by atoms with Gasteiger partial charge < -0.3 is 10.1 Å². The number of aryl methyl sites for hydroxylation is 1. The first-order valence-electron chi connectivity index (χ1n) is 6.44. The second-order valence-electron chi connectivity index (χ2n) is 4.10. The van der Waals surface area contributed by atoms with Crippen LogP contribution < -0.4 is 10.1 Å². The van der Waals surface area contributed by atoms with E-state index in [1.807, 2.05) is 13.1 Å². The average molecular weight is 237 g/mol. The number of rotatable bonds is 8. The van der Waals surface area contributed by atoms with Gasteiger partial charge in [-0.3, -0.25) is 0 Å². The summed E-state index contributed by atoms with van der Waals surface area (Å²) in [4.78, 5) is 8.57. The van der Waals surface area contributed by atoms with Crippen molar-refractivity contribution in [2.45, 2.75) is 46.6 Å². The molecule has 0 unspecified atom stereocenters. The molecule has 1 aromatic heterocycles. The minimum Gasteiger partial charge on any atom is -0.463 e. The molecule has 0 atom stereocenters. The van der Waals surface area contributed by atoms with Gasteiger partial charge in [0, 0.05) is 24.0 Å². The zero-order valence-corrected chi connectivity index (χ0v) is 11.1. The van der Waals surface area contributed by atoms with Crippen molar-refractivity contribution in [1.82, 2.24) is 15.3 Å². The Morgan fingerprint density at radius 2 is 2.12 bits per heavy atom. The average Bonchev–Trinajstić information content (AvgIpc) is 2.34. The monoisotopic (exact) mass is 237 g/mol. The Morgan fingerprint density at radius 1 is 1.29 bits per heavy atom. The van der Waals surface area contributed by atoms with Gasteiger partial charge in [0.15, 0.2) is 0 Å². The Bertz CT molecular complexity index is 328.